The van der Waals surface area contributed by atoms with Crippen LogP contribution in [-0.2, 0) is 19.6 Å². The van der Waals surface area contributed by atoms with Gasteiger partial charge in [-0.25, -0.2) is 4.79 Å². The van der Waals surface area contributed by atoms with Crippen molar-refractivity contribution in [3.63, 3.8) is 0 Å². The normalized spacial score (nSPS) is 14.3. The maximum absolute atomic E-state index is 12.5. The van der Waals surface area contributed by atoms with Crippen LogP contribution in [0.1, 0.15) is 43.4 Å². The van der Waals surface area contributed by atoms with E-state index in [9.17, 15) is 9.90 Å². The van der Waals surface area contributed by atoms with Crippen molar-refractivity contribution in [2.45, 2.75) is 51.7 Å². The molecule has 1 aliphatic rings. The van der Waals surface area contributed by atoms with E-state index in [1.807, 2.05) is 30.3 Å². The minimum Gasteiger partial charge on any atom is -0.493 e. The van der Waals surface area contributed by atoms with Gasteiger partial charge in [-0.2, -0.15) is 5.26 Å². The maximum Gasteiger partial charge on any atom is 0.331 e. The molecule has 0 saturated carbocycles. The summed E-state index contributed by atoms with van der Waals surface area (Å²) in [5.41, 5.74) is 3.78. The summed E-state index contributed by atoms with van der Waals surface area (Å²) in [4.78, 5) is 19.9. The van der Waals surface area contributed by atoms with Crippen LogP contribution < -0.4 is 5.69 Å². The number of unbranched alkanes of at least 4 members (excludes halogenated alkanes) is 1. The van der Waals surface area contributed by atoms with E-state index in [4.69, 9.17) is 10.2 Å². The first-order valence-corrected chi connectivity index (χ1v) is 11.3. The fraction of sp³-hybridized carbons (Fsp3) is 0.400. The van der Waals surface area contributed by atoms with Crippen molar-refractivity contribution < 1.29 is 5.11 Å². The van der Waals surface area contributed by atoms with Gasteiger partial charge in [0.25, 0.3) is 0 Å². The van der Waals surface area contributed by atoms with E-state index in [0.717, 1.165) is 42.1 Å². The molecule has 166 valence electrons. The number of hydrogen-bond acceptors (Lipinski definition) is 5. The van der Waals surface area contributed by atoms with E-state index >= 15 is 0 Å². The zero-order valence-corrected chi connectivity index (χ0v) is 18.3. The second-order valence-electron chi connectivity index (χ2n) is 8.36. The van der Waals surface area contributed by atoms with Gasteiger partial charge in [0.15, 0.2) is 0 Å². The Morgan fingerprint density at radius 2 is 1.81 bits per heavy atom. The van der Waals surface area contributed by atoms with E-state index in [-0.39, 0.29) is 11.6 Å². The molecule has 2 aromatic heterocycles. The largest absolute Gasteiger partial charge is 0.493 e. The predicted octanol–water partition coefficient (Wildman–Crippen LogP) is 3.76. The molecule has 0 spiro atoms. The standard InChI is InChI=1S/C25H29N5O2/c26-13-2-5-16-30-24(31)19-29(25(30)32)17-20-9-11-21(12-10-20)23-8-6-7-22(27-23)18-28-14-3-1-4-15-28/h6-12,19,31H,1-5,14-18H2. The Balaban J connectivity index is 1.44. The number of rotatable bonds is 8. The molecule has 0 aliphatic carbocycles. The lowest BCUT2D eigenvalue weighted by Gasteiger charge is -2.26. The molecule has 0 unspecified atom stereocenters. The first kappa shape index (κ1) is 21.8. The molecule has 0 bridgehead atoms. The average Bonchev–Trinajstić information content (AvgIpc) is 3.08. The summed E-state index contributed by atoms with van der Waals surface area (Å²) in [7, 11) is 0. The van der Waals surface area contributed by atoms with Crippen molar-refractivity contribution in [1.29, 1.82) is 5.26 Å². The number of nitriles is 1. The Labute approximate surface area is 188 Å². The lowest BCUT2D eigenvalue weighted by molar-refractivity contribution is 0.218. The highest BCUT2D eigenvalue weighted by Crippen LogP contribution is 2.20. The van der Waals surface area contributed by atoms with Crippen LogP contribution in [0.15, 0.2) is 53.5 Å². The van der Waals surface area contributed by atoms with Crippen molar-refractivity contribution >= 4 is 0 Å². The van der Waals surface area contributed by atoms with Crippen LogP contribution in [0.25, 0.3) is 11.3 Å². The molecule has 0 atom stereocenters. The molecule has 7 heteroatoms. The highest BCUT2D eigenvalue weighted by atomic mass is 16.3. The van der Waals surface area contributed by atoms with Crippen LogP contribution in [0.5, 0.6) is 5.88 Å². The number of pyridine rings is 1. The van der Waals surface area contributed by atoms with E-state index < -0.39 is 0 Å². The summed E-state index contributed by atoms with van der Waals surface area (Å²) in [5.74, 6) is -0.0701. The average molecular weight is 432 g/mol. The maximum atomic E-state index is 12.5. The van der Waals surface area contributed by atoms with Gasteiger partial charge in [-0.15, -0.1) is 0 Å². The molecule has 4 rings (SSSR count). The highest BCUT2D eigenvalue weighted by molar-refractivity contribution is 5.59. The number of imidazole rings is 1. The Kier molecular flexibility index (Phi) is 7.03. The van der Waals surface area contributed by atoms with Crippen LogP contribution in [0.3, 0.4) is 0 Å². The van der Waals surface area contributed by atoms with Gasteiger partial charge in [-0.1, -0.05) is 36.8 Å². The van der Waals surface area contributed by atoms with Gasteiger partial charge in [0.2, 0.25) is 5.88 Å². The van der Waals surface area contributed by atoms with Crippen LogP contribution in [0.4, 0.5) is 0 Å². The van der Waals surface area contributed by atoms with Crippen molar-refractivity contribution in [3.05, 3.63) is 70.4 Å². The summed E-state index contributed by atoms with van der Waals surface area (Å²) in [5, 5.41) is 18.7. The Bertz CT molecular complexity index is 1130. The summed E-state index contributed by atoms with van der Waals surface area (Å²) >= 11 is 0. The third kappa shape index (κ3) is 5.27. The molecule has 0 radical (unpaired) electrons. The molecule has 1 saturated heterocycles. The molecule has 0 amide bonds. The van der Waals surface area contributed by atoms with Crippen LogP contribution in [0, 0.1) is 11.3 Å². The van der Waals surface area contributed by atoms with Crippen LogP contribution in [-0.4, -0.2) is 37.2 Å². The minimum absolute atomic E-state index is 0.0701. The number of aromatic hydroxyl groups is 1. The van der Waals surface area contributed by atoms with Crippen molar-refractivity contribution in [3.8, 4) is 23.2 Å². The van der Waals surface area contributed by atoms with Crippen LogP contribution in [0.2, 0.25) is 0 Å². The number of aromatic nitrogens is 3. The lowest BCUT2D eigenvalue weighted by Crippen LogP contribution is -2.29. The van der Waals surface area contributed by atoms with Gasteiger partial charge in [0, 0.05) is 25.1 Å². The van der Waals surface area contributed by atoms with E-state index in [0.29, 0.717) is 25.9 Å². The predicted molar refractivity (Wildman–Crippen MR) is 123 cm³/mol. The number of likely N-dealkylation sites (tertiary alicyclic amines) is 1. The minimum atomic E-state index is -0.267. The monoisotopic (exact) mass is 431 g/mol. The smallest absolute Gasteiger partial charge is 0.331 e. The molecule has 1 N–H and O–H groups in total. The van der Waals surface area contributed by atoms with Gasteiger partial charge < -0.3 is 5.11 Å². The molecule has 3 aromatic rings. The lowest BCUT2D eigenvalue weighted by atomic mass is 10.1. The second-order valence-corrected chi connectivity index (χ2v) is 8.36. The Morgan fingerprint density at radius 3 is 2.56 bits per heavy atom. The summed E-state index contributed by atoms with van der Waals surface area (Å²) in [6.07, 6.45) is 6.21. The van der Waals surface area contributed by atoms with Crippen molar-refractivity contribution in [1.82, 2.24) is 19.0 Å². The topological polar surface area (TPSA) is 87.1 Å². The van der Waals surface area contributed by atoms with E-state index in [1.54, 1.807) is 0 Å². The second kappa shape index (κ2) is 10.3. The van der Waals surface area contributed by atoms with Gasteiger partial charge in [-0.3, -0.25) is 19.0 Å². The highest BCUT2D eigenvalue weighted by Gasteiger charge is 2.13. The molecule has 1 aromatic carbocycles. The van der Waals surface area contributed by atoms with Gasteiger partial charge in [0.05, 0.1) is 30.2 Å². The molecule has 7 nitrogen and oxygen atoms in total. The molecule has 3 heterocycles. The summed E-state index contributed by atoms with van der Waals surface area (Å²) in [6, 6.07) is 16.3. The quantitative estimate of drug-likeness (QED) is 0.549. The SMILES string of the molecule is N#CCCCn1c(O)cn(Cc2ccc(-c3cccc(CN4CCCCC4)n3)cc2)c1=O. The van der Waals surface area contributed by atoms with E-state index in [1.165, 1.54) is 34.6 Å². The zero-order valence-electron chi connectivity index (χ0n) is 18.3. The molecule has 32 heavy (non-hydrogen) atoms. The number of piperidine rings is 1. The Morgan fingerprint density at radius 1 is 1.03 bits per heavy atom. The van der Waals surface area contributed by atoms with Gasteiger partial charge in [-0.05, 0) is 50.0 Å². The molecular weight excluding hydrogens is 402 g/mol. The molecule has 1 aliphatic heterocycles. The van der Waals surface area contributed by atoms with Crippen LogP contribution >= 0.6 is 0 Å². The Hall–Kier alpha value is -3.37. The number of hydrogen-bond donors (Lipinski definition) is 1. The summed E-state index contributed by atoms with van der Waals surface area (Å²) in [6.45, 7) is 3.90. The van der Waals surface area contributed by atoms with E-state index in [2.05, 4.69) is 23.1 Å². The first-order chi connectivity index (χ1) is 15.6. The summed E-state index contributed by atoms with van der Waals surface area (Å²) < 4.78 is 2.80. The molecular formula is C25H29N5O2. The zero-order chi connectivity index (χ0) is 22.3. The number of nitrogens with zero attached hydrogens (tertiary/aromatic N) is 5. The number of benzene rings is 1. The van der Waals surface area contributed by atoms with Crippen molar-refractivity contribution in [2.24, 2.45) is 0 Å². The molecule has 1 fully saturated rings. The van der Waals surface area contributed by atoms with Gasteiger partial charge in [0.1, 0.15) is 0 Å². The first-order valence-electron chi connectivity index (χ1n) is 11.3. The van der Waals surface area contributed by atoms with Gasteiger partial charge >= 0.3 is 5.69 Å². The fourth-order valence-corrected chi connectivity index (χ4v) is 4.21. The third-order valence-electron chi connectivity index (χ3n) is 5.94. The third-order valence-corrected chi connectivity index (χ3v) is 5.94. The fourth-order valence-electron chi connectivity index (χ4n) is 4.21. The van der Waals surface area contributed by atoms with Crippen molar-refractivity contribution in [2.75, 3.05) is 13.1 Å².